The summed E-state index contributed by atoms with van der Waals surface area (Å²) in [5.41, 5.74) is 0.959. The van der Waals surface area contributed by atoms with Gasteiger partial charge in [0.25, 0.3) is 0 Å². The van der Waals surface area contributed by atoms with Crippen LogP contribution in [0.4, 0.5) is 0 Å². The zero-order valence-electron chi connectivity index (χ0n) is 11.5. The highest BCUT2D eigenvalue weighted by Gasteiger charge is 2.15. The highest BCUT2D eigenvalue weighted by Crippen LogP contribution is 2.24. The molecule has 1 aromatic rings. The van der Waals surface area contributed by atoms with E-state index in [1.54, 1.807) is 11.3 Å². The normalized spacial score (nSPS) is 12.2. The first-order valence-electron chi connectivity index (χ1n) is 6.35. The molecule has 1 atom stereocenters. The van der Waals surface area contributed by atoms with Crippen LogP contribution in [0.5, 0.6) is 0 Å². The van der Waals surface area contributed by atoms with Crippen molar-refractivity contribution in [1.29, 1.82) is 0 Å². The first kappa shape index (κ1) is 15.6. The Labute approximate surface area is 117 Å². The lowest BCUT2D eigenvalue weighted by Gasteiger charge is -2.12. The monoisotopic (exact) mass is 284 g/mol. The lowest BCUT2D eigenvalue weighted by atomic mass is 10.1. The third-order valence-electron chi connectivity index (χ3n) is 2.75. The summed E-state index contributed by atoms with van der Waals surface area (Å²) in [5.74, 6) is -0.854. The van der Waals surface area contributed by atoms with E-state index in [2.05, 4.69) is 10.3 Å². The minimum Gasteiger partial charge on any atom is -0.481 e. The molecule has 0 bridgehead atoms. The molecule has 106 valence electrons. The number of carbonyl (C=O) groups excluding carboxylic acids is 1. The lowest BCUT2D eigenvalue weighted by molar-refractivity contribution is -0.137. The van der Waals surface area contributed by atoms with Gasteiger partial charge in [0, 0.05) is 17.7 Å². The maximum atomic E-state index is 11.7. The Hall–Kier alpha value is -1.43. The molecule has 0 saturated carbocycles. The van der Waals surface area contributed by atoms with Crippen molar-refractivity contribution in [2.45, 2.75) is 52.5 Å². The van der Waals surface area contributed by atoms with E-state index in [4.69, 9.17) is 5.11 Å². The van der Waals surface area contributed by atoms with Crippen molar-refractivity contribution in [2.75, 3.05) is 0 Å². The van der Waals surface area contributed by atoms with E-state index < -0.39 is 5.97 Å². The van der Waals surface area contributed by atoms with Crippen LogP contribution in [0.3, 0.4) is 0 Å². The number of nitrogens with one attached hydrogen (secondary N) is 1. The number of unbranched alkanes of at least 4 members (excludes halogenated alkanes) is 1. The molecule has 1 aromatic heterocycles. The molecule has 6 heteroatoms. The predicted octanol–water partition coefficient (Wildman–Crippen LogP) is 2.58. The number of amides is 1. The lowest BCUT2D eigenvalue weighted by Crippen LogP contribution is -2.26. The van der Waals surface area contributed by atoms with Crippen LogP contribution in [0.25, 0.3) is 0 Å². The van der Waals surface area contributed by atoms with Gasteiger partial charge in [0.2, 0.25) is 5.91 Å². The number of aliphatic carboxylic acids is 1. The van der Waals surface area contributed by atoms with Gasteiger partial charge in [-0.1, -0.05) is 0 Å². The van der Waals surface area contributed by atoms with E-state index in [9.17, 15) is 9.59 Å². The van der Waals surface area contributed by atoms with E-state index >= 15 is 0 Å². The molecule has 0 saturated heterocycles. The summed E-state index contributed by atoms with van der Waals surface area (Å²) in [7, 11) is 0. The number of hydrogen-bond acceptors (Lipinski definition) is 4. The van der Waals surface area contributed by atoms with Crippen LogP contribution < -0.4 is 5.32 Å². The van der Waals surface area contributed by atoms with Gasteiger partial charge < -0.3 is 10.4 Å². The van der Waals surface area contributed by atoms with Crippen LogP contribution in [-0.4, -0.2) is 22.0 Å². The summed E-state index contributed by atoms with van der Waals surface area (Å²) in [4.78, 5) is 27.5. The van der Waals surface area contributed by atoms with Crippen molar-refractivity contribution >= 4 is 23.2 Å². The van der Waals surface area contributed by atoms with Gasteiger partial charge in [0.1, 0.15) is 0 Å². The number of hydrogen-bond donors (Lipinski definition) is 2. The molecule has 1 heterocycles. The van der Waals surface area contributed by atoms with Gasteiger partial charge in [0.15, 0.2) is 0 Å². The standard InChI is InChI=1S/C13H20N2O3S/c1-8-13(19-10(3)14-8)9(2)15-11(16)6-4-5-7-12(17)18/h9H,4-7H2,1-3H3,(H,15,16)(H,17,18). The molecule has 1 unspecified atom stereocenters. The van der Waals surface area contributed by atoms with Crippen LogP contribution in [0.2, 0.25) is 0 Å². The second-order valence-corrected chi connectivity index (χ2v) is 5.81. The average molecular weight is 284 g/mol. The number of aromatic nitrogens is 1. The van der Waals surface area contributed by atoms with Gasteiger partial charge in [-0.05, 0) is 33.6 Å². The number of nitrogens with zero attached hydrogens (tertiary/aromatic N) is 1. The van der Waals surface area contributed by atoms with E-state index in [1.807, 2.05) is 20.8 Å². The average Bonchev–Trinajstić information content (AvgIpc) is 2.64. The van der Waals surface area contributed by atoms with Gasteiger partial charge >= 0.3 is 5.97 Å². The summed E-state index contributed by atoms with van der Waals surface area (Å²) < 4.78 is 0. The Kier molecular flexibility index (Phi) is 5.95. The van der Waals surface area contributed by atoms with Gasteiger partial charge in [0.05, 0.1) is 16.7 Å². The van der Waals surface area contributed by atoms with Gasteiger partial charge in [-0.15, -0.1) is 11.3 Å². The first-order valence-corrected chi connectivity index (χ1v) is 7.17. The molecule has 2 N–H and O–H groups in total. The zero-order chi connectivity index (χ0) is 14.4. The van der Waals surface area contributed by atoms with Crippen LogP contribution >= 0.6 is 11.3 Å². The number of aryl methyl sites for hydroxylation is 2. The van der Waals surface area contributed by atoms with Crippen molar-refractivity contribution in [3.63, 3.8) is 0 Å². The summed E-state index contributed by atoms with van der Waals surface area (Å²) >= 11 is 1.59. The molecule has 0 aliphatic rings. The number of carboxylic acid groups (broad SMARTS) is 1. The molecule has 0 radical (unpaired) electrons. The number of carboxylic acids is 1. The van der Waals surface area contributed by atoms with Crippen LogP contribution in [0.1, 0.15) is 54.2 Å². The van der Waals surface area contributed by atoms with Crippen molar-refractivity contribution in [3.8, 4) is 0 Å². The van der Waals surface area contributed by atoms with Crippen LogP contribution in [-0.2, 0) is 9.59 Å². The summed E-state index contributed by atoms with van der Waals surface area (Å²) in [6, 6.07) is -0.0434. The predicted molar refractivity (Wildman–Crippen MR) is 74.2 cm³/mol. The summed E-state index contributed by atoms with van der Waals surface area (Å²) in [6.07, 6.45) is 1.63. The minimum absolute atomic E-state index is 0.0386. The third-order valence-corrected chi connectivity index (χ3v) is 4.01. The molecule has 0 aromatic carbocycles. The number of thiazole rings is 1. The van der Waals surface area contributed by atoms with Gasteiger partial charge in [-0.25, -0.2) is 4.98 Å². The molecule has 0 aliphatic heterocycles. The molecular formula is C13H20N2O3S. The Morgan fingerprint density at radius 2 is 1.95 bits per heavy atom. The van der Waals surface area contributed by atoms with E-state index in [0.717, 1.165) is 15.6 Å². The fourth-order valence-electron chi connectivity index (χ4n) is 1.89. The highest BCUT2D eigenvalue weighted by molar-refractivity contribution is 7.11. The Balaban J connectivity index is 2.36. The van der Waals surface area contributed by atoms with Crippen molar-refractivity contribution in [3.05, 3.63) is 15.6 Å². The second kappa shape index (κ2) is 7.23. The smallest absolute Gasteiger partial charge is 0.303 e. The maximum absolute atomic E-state index is 11.7. The summed E-state index contributed by atoms with van der Waals surface area (Å²) in [5, 5.41) is 12.4. The first-order chi connectivity index (χ1) is 8.90. The van der Waals surface area contributed by atoms with E-state index in [0.29, 0.717) is 19.3 Å². The number of carbonyl (C=O) groups is 2. The molecule has 19 heavy (non-hydrogen) atoms. The van der Waals surface area contributed by atoms with Crippen LogP contribution in [0, 0.1) is 13.8 Å². The van der Waals surface area contributed by atoms with E-state index in [1.165, 1.54) is 0 Å². The Morgan fingerprint density at radius 1 is 1.32 bits per heavy atom. The fourth-order valence-corrected chi connectivity index (χ4v) is 2.82. The maximum Gasteiger partial charge on any atom is 0.303 e. The molecule has 0 spiro atoms. The van der Waals surface area contributed by atoms with Gasteiger partial charge in [-0.3, -0.25) is 9.59 Å². The number of rotatable bonds is 7. The van der Waals surface area contributed by atoms with E-state index in [-0.39, 0.29) is 18.4 Å². The topological polar surface area (TPSA) is 79.3 Å². The summed E-state index contributed by atoms with van der Waals surface area (Å²) in [6.45, 7) is 5.82. The third kappa shape index (κ3) is 5.38. The Morgan fingerprint density at radius 3 is 2.47 bits per heavy atom. The molecule has 0 aliphatic carbocycles. The molecular weight excluding hydrogens is 264 g/mol. The minimum atomic E-state index is -0.815. The van der Waals surface area contributed by atoms with Crippen molar-refractivity contribution in [1.82, 2.24) is 10.3 Å². The van der Waals surface area contributed by atoms with Crippen LogP contribution in [0.15, 0.2) is 0 Å². The second-order valence-electron chi connectivity index (χ2n) is 4.57. The SMILES string of the molecule is Cc1nc(C)c(C(C)NC(=O)CCCCC(=O)O)s1. The largest absolute Gasteiger partial charge is 0.481 e. The van der Waals surface area contributed by atoms with Gasteiger partial charge in [-0.2, -0.15) is 0 Å². The molecule has 0 fully saturated rings. The zero-order valence-corrected chi connectivity index (χ0v) is 12.3. The fraction of sp³-hybridized carbons (Fsp3) is 0.615. The molecule has 1 amide bonds. The molecule has 5 nitrogen and oxygen atoms in total. The highest BCUT2D eigenvalue weighted by atomic mass is 32.1. The quantitative estimate of drug-likeness (QED) is 0.754. The van der Waals surface area contributed by atoms with Crippen molar-refractivity contribution < 1.29 is 14.7 Å². The molecule has 1 rings (SSSR count). The Bertz CT molecular complexity index is 457. The van der Waals surface area contributed by atoms with Crippen molar-refractivity contribution in [2.24, 2.45) is 0 Å².